The van der Waals surface area contributed by atoms with Crippen molar-refractivity contribution in [3.8, 4) is 17.3 Å². The van der Waals surface area contributed by atoms with Crippen molar-refractivity contribution in [3.05, 3.63) is 100 Å². The van der Waals surface area contributed by atoms with E-state index < -0.39 is 6.04 Å². The minimum Gasteiger partial charge on any atom is -0.395 e. The number of nitrogens with two attached hydrogens (primary N) is 1. The molecule has 13 nitrogen and oxygen atoms in total. The number of carbonyl (C=O) groups is 2. The molecule has 6 N–H and O–H groups in total. The number of nitrogen functional groups attached to an aromatic ring is 1. The summed E-state index contributed by atoms with van der Waals surface area (Å²) < 4.78 is 1.75. The lowest BCUT2D eigenvalue weighted by Crippen LogP contribution is -2.26. The predicted molar refractivity (Wildman–Crippen MR) is 168 cm³/mol. The van der Waals surface area contributed by atoms with E-state index in [0.29, 0.717) is 22.6 Å². The number of rotatable bonds is 10. The quantitative estimate of drug-likeness (QED) is 0.158. The van der Waals surface area contributed by atoms with Crippen LogP contribution in [0.4, 0.5) is 11.6 Å². The summed E-state index contributed by atoms with van der Waals surface area (Å²) in [6, 6.07) is 16.0. The van der Waals surface area contributed by atoms with E-state index in [0.717, 1.165) is 27.8 Å². The molecular formula is C32H32N10O3. The van der Waals surface area contributed by atoms with Crippen molar-refractivity contribution in [2.75, 3.05) is 24.2 Å². The van der Waals surface area contributed by atoms with Gasteiger partial charge in [0.1, 0.15) is 29.6 Å². The second kappa shape index (κ2) is 13.2. The van der Waals surface area contributed by atoms with Gasteiger partial charge in [0.25, 0.3) is 11.8 Å². The average molecular weight is 605 g/mol. The number of nitrogens with one attached hydrogen (secondary N) is 3. The molecular weight excluding hydrogens is 572 g/mol. The third kappa shape index (κ3) is 6.71. The summed E-state index contributed by atoms with van der Waals surface area (Å²) in [7, 11) is 0. The van der Waals surface area contributed by atoms with Gasteiger partial charge in [0.05, 0.1) is 23.9 Å². The number of nitriles is 1. The number of hydrogen-bond acceptors (Lipinski definition) is 10. The Morgan fingerprint density at radius 2 is 1.80 bits per heavy atom. The zero-order chi connectivity index (χ0) is 32.1. The Morgan fingerprint density at radius 1 is 1.04 bits per heavy atom. The molecule has 5 aromatic rings. The van der Waals surface area contributed by atoms with Crippen molar-refractivity contribution in [2.45, 2.75) is 33.4 Å². The van der Waals surface area contributed by atoms with Crippen LogP contribution < -0.4 is 21.7 Å². The molecule has 228 valence electrons. The van der Waals surface area contributed by atoms with Crippen LogP contribution in [0.3, 0.4) is 0 Å². The van der Waals surface area contributed by atoms with E-state index in [-0.39, 0.29) is 48.7 Å². The Morgan fingerprint density at radius 3 is 2.53 bits per heavy atom. The fraction of sp³-hybridized carbons (Fsp3) is 0.219. The number of aliphatic hydroxyl groups excluding tert-OH is 1. The Bertz CT molecular complexity index is 1930. The van der Waals surface area contributed by atoms with Gasteiger partial charge in [0, 0.05) is 36.0 Å². The van der Waals surface area contributed by atoms with Crippen LogP contribution in [0.2, 0.25) is 0 Å². The van der Waals surface area contributed by atoms with Crippen molar-refractivity contribution in [1.82, 2.24) is 35.2 Å². The van der Waals surface area contributed by atoms with Gasteiger partial charge >= 0.3 is 0 Å². The van der Waals surface area contributed by atoms with E-state index in [1.807, 2.05) is 51.2 Å². The Hall–Kier alpha value is -5.87. The van der Waals surface area contributed by atoms with Crippen molar-refractivity contribution in [1.29, 1.82) is 5.26 Å². The fourth-order valence-corrected chi connectivity index (χ4v) is 4.85. The van der Waals surface area contributed by atoms with E-state index in [4.69, 9.17) is 20.9 Å². The zero-order valence-electron chi connectivity index (χ0n) is 25.0. The molecule has 0 aliphatic rings. The van der Waals surface area contributed by atoms with Gasteiger partial charge in [-0.25, -0.2) is 19.5 Å². The number of amides is 2. The maximum atomic E-state index is 13.3. The minimum absolute atomic E-state index is 0.0736. The van der Waals surface area contributed by atoms with Crippen LogP contribution in [0.5, 0.6) is 0 Å². The number of hydrogen-bond donors (Lipinski definition) is 5. The molecule has 2 amide bonds. The normalized spacial score (nSPS) is 11.5. The number of benzene rings is 2. The average Bonchev–Trinajstić information content (AvgIpc) is 3.42. The summed E-state index contributed by atoms with van der Waals surface area (Å²) in [6.45, 7) is 6.05. The Balaban J connectivity index is 1.40. The molecule has 0 spiro atoms. The highest BCUT2D eigenvalue weighted by molar-refractivity contribution is 5.96. The monoisotopic (exact) mass is 604 g/mol. The first-order valence-corrected chi connectivity index (χ1v) is 14.2. The summed E-state index contributed by atoms with van der Waals surface area (Å²) in [5, 5.41) is 31.9. The lowest BCUT2D eigenvalue weighted by atomic mass is 10.0. The minimum atomic E-state index is -0.461. The van der Waals surface area contributed by atoms with Crippen LogP contribution in [0.25, 0.3) is 16.8 Å². The molecule has 13 heteroatoms. The molecule has 0 saturated heterocycles. The van der Waals surface area contributed by atoms with Crippen molar-refractivity contribution < 1.29 is 14.7 Å². The molecule has 0 aliphatic carbocycles. The van der Waals surface area contributed by atoms with E-state index in [2.05, 4.69) is 25.9 Å². The SMILES string of the molecule is Cc1cc(C(=O)NCc2ccc(C(=O)NCCO)cc2)cc(-c2nc([C@H](C)Nc3ncnc(N)c3C#N)nn3ccc(C)c23)c1. The third-order valence-corrected chi connectivity index (χ3v) is 7.14. The molecule has 3 aromatic heterocycles. The van der Waals surface area contributed by atoms with Gasteiger partial charge in [0.15, 0.2) is 5.82 Å². The first-order valence-electron chi connectivity index (χ1n) is 14.2. The van der Waals surface area contributed by atoms with Crippen molar-refractivity contribution >= 4 is 29.0 Å². The standard InChI is InChI=1S/C32H32N10O3/c1-18-12-23(14-24(13-18)32(45)36-16-21-4-6-22(7-5-21)31(44)35-9-11-43)26-27-19(2)8-10-42(27)41-29(40-26)20(3)39-30-25(15-33)28(34)37-17-38-30/h4-8,10,12-14,17,20,43H,9,11,16H2,1-3H3,(H,35,44)(H,36,45)(H3,34,37,38,39)/t20-/m0/s1. The molecule has 0 bridgehead atoms. The largest absolute Gasteiger partial charge is 0.395 e. The van der Waals surface area contributed by atoms with Gasteiger partial charge in [0.2, 0.25) is 0 Å². The van der Waals surface area contributed by atoms with E-state index in [9.17, 15) is 14.9 Å². The molecule has 0 saturated carbocycles. The topological polar surface area (TPSA) is 196 Å². The summed E-state index contributed by atoms with van der Waals surface area (Å²) in [4.78, 5) is 38.4. The molecule has 45 heavy (non-hydrogen) atoms. The number of nitrogens with zero attached hydrogens (tertiary/aromatic N) is 6. The van der Waals surface area contributed by atoms with E-state index >= 15 is 0 Å². The van der Waals surface area contributed by atoms with Gasteiger partial charge in [-0.1, -0.05) is 12.1 Å². The number of carbonyl (C=O) groups excluding carboxylic acids is 2. The van der Waals surface area contributed by atoms with Crippen LogP contribution in [0, 0.1) is 25.2 Å². The molecule has 0 unspecified atom stereocenters. The number of aliphatic hydroxyl groups is 1. The van der Waals surface area contributed by atoms with E-state index in [1.165, 1.54) is 6.33 Å². The molecule has 0 aliphatic heterocycles. The second-order valence-corrected chi connectivity index (χ2v) is 10.5. The van der Waals surface area contributed by atoms with Crippen molar-refractivity contribution in [3.63, 3.8) is 0 Å². The molecule has 0 fully saturated rings. The van der Waals surface area contributed by atoms with Crippen LogP contribution in [0.15, 0.2) is 61.1 Å². The van der Waals surface area contributed by atoms with Crippen molar-refractivity contribution in [2.24, 2.45) is 0 Å². The van der Waals surface area contributed by atoms with Crippen LogP contribution in [0.1, 0.15) is 61.8 Å². The van der Waals surface area contributed by atoms with Gasteiger partial charge in [-0.3, -0.25) is 9.59 Å². The second-order valence-electron chi connectivity index (χ2n) is 10.5. The third-order valence-electron chi connectivity index (χ3n) is 7.14. The van der Waals surface area contributed by atoms with Crippen LogP contribution in [-0.4, -0.2) is 54.6 Å². The predicted octanol–water partition coefficient (Wildman–Crippen LogP) is 3.08. The van der Waals surface area contributed by atoms with E-state index in [1.54, 1.807) is 34.8 Å². The molecule has 2 aromatic carbocycles. The first kappa shape index (κ1) is 30.6. The number of aryl methyl sites for hydroxylation is 2. The number of fused-ring (bicyclic) bond motifs is 1. The number of anilines is 2. The zero-order valence-corrected chi connectivity index (χ0v) is 25.0. The van der Waals surface area contributed by atoms with Gasteiger partial charge < -0.3 is 26.8 Å². The molecule has 1 atom stereocenters. The Kier molecular flexibility index (Phi) is 8.96. The molecule has 3 heterocycles. The van der Waals surface area contributed by atoms with Crippen LogP contribution in [-0.2, 0) is 6.54 Å². The Labute approximate surface area is 259 Å². The molecule has 0 radical (unpaired) electrons. The fourth-order valence-electron chi connectivity index (χ4n) is 4.85. The van der Waals surface area contributed by atoms with Crippen LogP contribution >= 0.6 is 0 Å². The lowest BCUT2D eigenvalue weighted by Gasteiger charge is -2.17. The highest BCUT2D eigenvalue weighted by Crippen LogP contribution is 2.29. The first-order chi connectivity index (χ1) is 21.7. The summed E-state index contributed by atoms with van der Waals surface area (Å²) >= 11 is 0. The summed E-state index contributed by atoms with van der Waals surface area (Å²) in [5.74, 6) is 0.255. The van der Waals surface area contributed by atoms with Gasteiger partial charge in [-0.15, -0.1) is 0 Å². The number of aromatic nitrogens is 5. The molecule has 5 rings (SSSR count). The maximum absolute atomic E-state index is 13.3. The summed E-state index contributed by atoms with van der Waals surface area (Å²) in [6.07, 6.45) is 3.13. The smallest absolute Gasteiger partial charge is 0.251 e. The maximum Gasteiger partial charge on any atom is 0.251 e. The highest BCUT2D eigenvalue weighted by Gasteiger charge is 2.20. The highest BCUT2D eigenvalue weighted by atomic mass is 16.3. The summed E-state index contributed by atoms with van der Waals surface area (Å²) in [5.41, 5.74) is 11.8. The van der Waals surface area contributed by atoms with Gasteiger partial charge in [-0.05, 0) is 73.9 Å². The lowest BCUT2D eigenvalue weighted by molar-refractivity contribution is 0.0938. The van der Waals surface area contributed by atoms with Gasteiger partial charge in [-0.2, -0.15) is 10.4 Å².